The monoisotopic (exact) mass is 364 g/mol. The average molecular weight is 364 g/mol. The summed E-state index contributed by atoms with van der Waals surface area (Å²) in [4.78, 5) is 22.5. The van der Waals surface area contributed by atoms with Crippen LogP contribution in [0.25, 0.3) is 11.0 Å². The van der Waals surface area contributed by atoms with Gasteiger partial charge in [-0.1, -0.05) is 19.4 Å². The highest BCUT2D eigenvalue weighted by atomic mass is 16.3. The zero-order valence-corrected chi connectivity index (χ0v) is 15.4. The van der Waals surface area contributed by atoms with E-state index < -0.39 is 0 Å². The lowest BCUT2D eigenvalue weighted by Crippen LogP contribution is -2.24. The summed E-state index contributed by atoms with van der Waals surface area (Å²) in [5, 5.41) is 2.80. The van der Waals surface area contributed by atoms with E-state index in [1.807, 2.05) is 12.3 Å². The van der Waals surface area contributed by atoms with Crippen molar-refractivity contribution in [1.29, 1.82) is 0 Å². The molecule has 1 atom stereocenters. The van der Waals surface area contributed by atoms with Gasteiger partial charge in [-0.05, 0) is 43.3 Å². The van der Waals surface area contributed by atoms with Crippen LogP contribution in [0.2, 0.25) is 0 Å². The van der Waals surface area contributed by atoms with E-state index in [1.165, 1.54) is 24.7 Å². The van der Waals surface area contributed by atoms with Gasteiger partial charge >= 0.3 is 0 Å². The van der Waals surface area contributed by atoms with Crippen molar-refractivity contribution in [2.45, 2.75) is 32.1 Å². The molecule has 0 radical (unpaired) electrons. The van der Waals surface area contributed by atoms with E-state index in [0.717, 1.165) is 30.5 Å². The van der Waals surface area contributed by atoms with Crippen LogP contribution in [-0.4, -0.2) is 33.9 Å². The molecule has 0 aliphatic carbocycles. The maximum atomic E-state index is 12.2. The van der Waals surface area contributed by atoms with Crippen LogP contribution in [0.5, 0.6) is 0 Å². The predicted molar refractivity (Wildman–Crippen MR) is 106 cm³/mol. The number of allylic oxidation sites excluding steroid dienone is 1. The number of hydrogen-bond acceptors (Lipinski definition) is 4. The second-order valence-corrected chi connectivity index (χ2v) is 6.89. The molecule has 4 heterocycles. The van der Waals surface area contributed by atoms with Crippen LogP contribution < -0.4 is 5.32 Å². The summed E-state index contributed by atoms with van der Waals surface area (Å²) in [6.07, 6.45) is 11.5. The molecule has 0 spiro atoms. The van der Waals surface area contributed by atoms with Crippen molar-refractivity contribution in [2.24, 2.45) is 0 Å². The first-order valence-corrected chi connectivity index (χ1v) is 9.50. The number of H-pyrrole nitrogens is 1. The molecule has 4 rings (SSSR count). The molecule has 0 aromatic carbocycles. The standard InChI is InChI=1S/C21H24N4O2/c1-2-3-10-25-11-8-15(9-12-25)16-14-22-17-6-7-19(23-20(16)17)24-21(26)18-5-4-13-27-18/h4-8,11,13-15,22H,2-3,9-10,12H2,1H3,(H,23,24,26). The maximum absolute atomic E-state index is 12.2. The molecule has 27 heavy (non-hydrogen) atoms. The maximum Gasteiger partial charge on any atom is 0.292 e. The molecule has 6 heteroatoms. The molecule has 1 aliphatic rings. The third-order valence-electron chi connectivity index (χ3n) is 4.99. The fourth-order valence-corrected chi connectivity index (χ4v) is 3.47. The van der Waals surface area contributed by atoms with Gasteiger partial charge in [-0.25, -0.2) is 4.98 Å². The van der Waals surface area contributed by atoms with Crippen LogP contribution in [0.3, 0.4) is 0 Å². The predicted octanol–water partition coefficient (Wildman–Crippen LogP) is 4.51. The van der Waals surface area contributed by atoms with Crippen molar-refractivity contribution < 1.29 is 9.21 Å². The number of nitrogens with zero attached hydrogens (tertiary/aromatic N) is 2. The molecule has 140 valence electrons. The van der Waals surface area contributed by atoms with Crippen molar-refractivity contribution in [3.8, 4) is 0 Å². The van der Waals surface area contributed by atoms with Crippen molar-refractivity contribution in [2.75, 3.05) is 18.4 Å². The molecule has 0 bridgehead atoms. The molecule has 3 aromatic rings. The first kappa shape index (κ1) is 17.4. The third-order valence-corrected chi connectivity index (χ3v) is 4.99. The van der Waals surface area contributed by atoms with Gasteiger partial charge in [0, 0.05) is 30.8 Å². The van der Waals surface area contributed by atoms with Gasteiger partial charge in [0.2, 0.25) is 0 Å². The van der Waals surface area contributed by atoms with Gasteiger partial charge in [0.1, 0.15) is 5.82 Å². The van der Waals surface area contributed by atoms with Gasteiger partial charge in [-0.3, -0.25) is 4.79 Å². The van der Waals surface area contributed by atoms with Crippen molar-refractivity contribution in [3.05, 3.63) is 60.3 Å². The van der Waals surface area contributed by atoms with Gasteiger partial charge in [0.15, 0.2) is 5.76 Å². The first-order chi connectivity index (χ1) is 13.2. The minimum atomic E-state index is -0.298. The Labute approximate surface area is 158 Å². The largest absolute Gasteiger partial charge is 0.459 e. The Hall–Kier alpha value is -3.02. The highest BCUT2D eigenvalue weighted by Gasteiger charge is 2.19. The molecule has 1 aliphatic heterocycles. The van der Waals surface area contributed by atoms with E-state index >= 15 is 0 Å². The number of amides is 1. The molecule has 1 unspecified atom stereocenters. The number of hydrogen-bond donors (Lipinski definition) is 2. The van der Waals surface area contributed by atoms with Crippen LogP contribution >= 0.6 is 0 Å². The minimum absolute atomic E-state index is 0.272. The van der Waals surface area contributed by atoms with Crippen molar-refractivity contribution in [3.63, 3.8) is 0 Å². The Balaban J connectivity index is 1.53. The highest BCUT2D eigenvalue weighted by Crippen LogP contribution is 2.31. The lowest BCUT2D eigenvalue weighted by atomic mass is 9.94. The summed E-state index contributed by atoms with van der Waals surface area (Å²) in [5.41, 5.74) is 3.05. The van der Waals surface area contributed by atoms with Crippen molar-refractivity contribution in [1.82, 2.24) is 14.9 Å². The number of anilines is 1. The van der Waals surface area contributed by atoms with Gasteiger partial charge in [-0.15, -0.1) is 0 Å². The molecular weight excluding hydrogens is 340 g/mol. The summed E-state index contributed by atoms with van der Waals surface area (Å²) in [5.74, 6) is 0.830. The first-order valence-electron chi connectivity index (χ1n) is 9.50. The molecule has 0 saturated heterocycles. The summed E-state index contributed by atoms with van der Waals surface area (Å²) in [7, 11) is 0. The number of aromatic nitrogens is 2. The number of fused-ring (bicyclic) bond motifs is 1. The van der Waals surface area contributed by atoms with E-state index in [0.29, 0.717) is 11.7 Å². The SMILES string of the molecule is CCCCN1C=CC(c2c[nH]c3ccc(NC(=O)c4ccco4)nc23)CC1. The molecule has 1 amide bonds. The number of nitrogens with one attached hydrogen (secondary N) is 2. The highest BCUT2D eigenvalue weighted by molar-refractivity contribution is 6.02. The summed E-state index contributed by atoms with van der Waals surface area (Å²) < 4.78 is 5.14. The Morgan fingerprint density at radius 2 is 2.33 bits per heavy atom. The Kier molecular flexibility index (Phi) is 4.96. The van der Waals surface area contributed by atoms with E-state index in [4.69, 9.17) is 4.42 Å². The molecule has 3 aromatic heterocycles. The second kappa shape index (κ2) is 7.70. The number of furan rings is 1. The third kappa shape index (κ3) is 3.74. The quantitative estimate of drug-likeness (QED) is 0.675. The van der Waals surface area contributed by atoms with E-state index in [-0.39, 0.29) is 11.7 Å². The lowest BCUT2D eigenvalue weighted by molar-refractivity contribution is 0.0996. The fraction of sp³-hybridized carbons (Fsp3) is 0.333. The number of carbonyl (C=O) groups excluding carboxylic acids is 1. The van der Waals surface area contributed by atoms with Crippen LogP contribution in [0.1, 0.15) is 48.2 Å². The van der Waals surface area contributed by atoms with Gasteiger partial charge < -0.3 is 19.6 Å². The van der Waals surface area contributed by atoms with Crippen LogP contribution in [0, 0.1) is 0 Å². The summed E-state index contributed by atoms with van der Waals surface area (Å²) >= 11 is 0. The van der Waals surface area contributed by atoms with E-state index in [2.05, 4.69) is 39.4 Å². The Bertz CT molecular complexity index is 942. The number of pyridine rings is 1. The van der Waals surface area contributed by atoms with Gasteiger partial charge in [0.05, 0.1) is 17.3 Å². The van der Waals surface area contributed by atoms with Crippen LogP contribution in [0.15, 0.2) is 53.4 Å². The lowest BCUT2D eigenvalue weighted by Gasteiger charge is -2.27. The fourth-order valence-electron chi connectivity index (χ4n) is 3.47. The number of aromatic amines is 1. The van der Waals surface area contributed by atoms with E-state index in [9.17, 15) is 4.79 Å². The second-order valence-electron chi connectivity index (χ2n) is 6.89. The summed E-state index contributed by atoms with van der Waals surface area (Å²) in [6, 6.07) is 7.07. The molecule has 0 fully saturated rings. The smallest absolute Gasteiger partial charge is 0.292 e. The molecule has 2 N–H and O–H groups in total. The summed E-state index contributed by atoms with van der Waals surface area (Å²) in [6.45, 7) is 4.40. The molecular formula is C21H24N4O2. The van der Waals surface area contributed by atoms with Gasteiger partial charge in [-0.2, -0.15) is 0 Å². The number of carbonyl (C=O) groups is 1. The van der Waals surface area contributed by atoms with E-state index in [1.54, 1.807) is 18.2 Å². The zero-order valence-electron chi connectivity index (χ0n) is 15.4. The van der Waals surface area contributed by atoms with Crippen LogP contribution in [-0.2, 0) is 0 Å². The van der Waals surface area contributed by atoms with Gasteiger partial charge in [0.25, 0.3) is 5.91 Å². The number of unbranched alkanes of at least 4 members (excludes halogenated alkanes) is 1. The van der Waals surface area contributed by atoms with Crippen LogP contribution in [0.4, 0.5) is 5.82 Å². The molecule has 0 saturated carbocycles. The number of rotatable bonds is 6. The zero-order chi connectivity index (χ0) is 18.6. The Morgan fingerprint density at radius 1 is 1.41 bits per heavy atom. The average Bonchev–Trinajstić information content (AvgIpc) is 3.36. The normalized spacial score (nSPS) is 16.8. The minimum Gasteiger partial charge on any atom is -0.459 e. The topological polar surface area (TPSA) is 74.2 Å². The van der Waals surface area contributed by atoms with Crippen molar-refractivity contribution >= 4 is 22.8 Å². The molecule has 6 nitrogen and oxygen atoms in total. The Morgan fingerprint density at radius 3 is 3.07 bits per heavy atom.